The number of hydrogen-bond acceptors (Lipinski definition) is 6. The molecule has 164 valence electrons. The molecule has 2 atom stereocenters. The summed E-state index contributed by atoms with van der Waals surface area (Å²) in [5, 5.41) is 0. The van der Waals surface area contributed by atoms with Gasteiger partial charge in [0, 0.05) is 20.1 Å². The van der Waals surface area contributed by atoms with Gasteiger partial charge >= 0.3 is 6.09 Å². The molecule has 30 heavy (non-hydrogen) atoms. The zero-order valence-corrected chi connectivity index (χ0v) is 18.3. The largest absolute Gasteiger partial charge is 0.443 e. The van der Waals surface area contributed by atoms with Crippen molar-refractivity contribution in [3.63, 3.8) is 0 Å². The molecule has 0 bridgehead atoms. The van der Waals surface area contributed by atoms with E-state index in [2.05, 4.69) is 24.3 Å². The van der Waals surface area contributed by atoms with Gasteiger partial charge in [-0.25, -0.2) is 4.79 Å². The summed E-state index contributed by atoms with van der Waals surface area (Å²) in [5.74, 6) is -0.0366. The van der Waals surface area contributed by atoms with E-state index in [9.17, 15) is 4.79 Å². The second-order valence-electron chi connectivity index (χ2n) is 8.29. The minimum absolute atomic E-state index is 0.0366. The first-order valence-electron chi connectivity index (χ1n) is 10.0. The van der Waals surface area contributed by atoms with Crippen molar-refractivity contribution >= 4 is 12.2 Å². The first-order valence-corrected chi connectivity index (χ1v) is 10.0. The van der Waals surface area contributed by atoms with Crippen LogP contribution in [-0.4, -0.2) is 57.6 Å². The molecule has 0 unspecified atom stereocenters. The predicted octanol–water partition coefficient (Wildman–Crippen LogP) is 4.12. The Labute approximate surface area is 178 Å². The molecule has 3 rings (SSSR count). The van der Waals surface area contributed by atoms with E-state index in [1.165, 1.54) is 0 Å². The highest BCUT2D eigenvalue weighted by Crippen LogP contribution is 2.49. The molecule has 0 aromatic heterocycles. The topological polar surface area (TPSA) is 66.5 Å². The lowest BCUT2D eigenvalue weighted by atomic mass is 9.82. The molecule has 7 heteroatoms. The van der Waals surface area contributed by atoms with Crippen molar-refractivity contribution in [2.75, 3.05) is 41.0 Å². The van der Waals surface area contributed by atoms with E-state index in [-0.39, 0.29) is 32.2 Å². The Morgan fingerprint density at radius 2 is 1.70 bits per heavy atom. The number of carbonyl (C=O) groups excluding carboxylic acids is 1. The SMILES string of the molecule is COCOCC1=C(COCOC)N(C(=O)OC(C)(C)C)[C@@H]2c3ccccc3C=C[C@H]12. The molecule has 0 saturated heterocycles. The van der Waals surface area contributed by atoms with Gasteiger partial charge in [-0.2, -0.15) is 0 Å². The quantitative estimate of drug-likeness (QED) is 0.468. The third-order valence-corrected chi connectivity index (χ3v) is 4.97. The van der Waals surface area contributed by atoms with Gasteiger partial charge in [0.25, 0.3) is 0 Å². The summed E-state index contributed by atoms with van der Waals surface area (Å²) < 4.78 is 27.2. The van der Waals surface area contributed by atoms with Crippen molar-refractivity contribution in [3.8, 4) is 0 Å². The van der Waals surface area contributed by atoms with Crippen LogP contribution in [0.5, 0.6) is 0 Å². The molecule has 0 spiro atoms. The molecule has 1 aromatic carbocycles. The normalized spacial score (nSPS) is 20.4. The Kier molecular flexibility index (Phi) is 7.31. The molecule has 1 aromatic rings. The van der Waals surface area contributed by atoms with Gasteiger partial charge in [0.15, 0.2) is 0 Å². The van der Waals surface area contributed by atoms with Crippen molar-refractivity contribution in [3.05, 3.63) is 52.7 Å². The lowest BCUT2D eigenvalue weighted by molar-refractivity contribution is -0.0313. The summed E-state index contributed by atoms with van der Waals surface area (Å²) in [4.78, 5) is 15.1. The van der Waals surface area contributed by atoms with Crippen LogP contribution in [0.3, 0.4) is 0 Å². The number of amides is 1. The molecule has 0 radical (unpaired) electrons. The molecule has 2 aliphatic rings. The Bertz CT molecular complexity index is 810. The van der Waals surface area contributed by atoms with Crippen molar-refractivity contribution < 1.29 is 28.5 Å². The maximum atomic E-state index is 13.3. The van der Waals surface area contributed by atoms with E-state index in [1.807, 2.05) is 32.9 Å². The molecule has 1 heterocycles. The third kappa shape index (κ3) is 4.92. The van der Waals surface area contributed by atoms with Crippen LogP contribution in [0.1, 0.15) is 37.9 Å². The molecule has 0 saturated carbocycles. The van der Waals surface area contributed by atoms with Gasteiger partial charge in [-0.3, -0.25) is 4.90 Å². The van der Waals surface area contributed by atoms with Crippen LogP contribution in [0.2, 0.25) is 0 Å². The average molecular weight is 418 g/mol. The van der Waals surface area contributed by atoms with Crippen molar-refractivity contribution in [2.45, 2.75) is 32.4 Å². The second-order valence-corrected chi connectivity index (χ2v) is 8.29. The molecule has 1 aliphatic heterocycles. The number of methoxy groups -OCH3 is 2. The van der Waals surface area contributed by atoms with Crippen molar-refractivity contribution in [1.82, 2.24) is 4.90 Å². The van der Waals surface area contributed by atoms with Gasteiger partial charge in [0.1, 0.15) is 19.2 Å². The highest BCUT2D eigenvalue weighted by atomic mass is 16.7. The fourth-order valence-corrected chi connectivity index (χ4v) is 3.89. The van der Waals surface area contributed by atoms with E-state index in [0.29, 0.717) is 6.61 Å². The fraction of sp³-hybridized carbons (Fsp3) is 0.522. The monoisotopic (exact) mass is 417 g/mol. The lowest BCUT2D eigenvalue weighted by Crippen LogP contribution is -2.39. The van der Waals surface area contributed by atoms with E-state index in [1.54, 1.807) is 19.1 Å². The summed E-state index contributed by atoms with van der Waals surface area (Å²) in [6, 6.07) is 7.87. The maximum absolute atomic E-state index is 13.3. The van der Waals surface area contributed by atoms with Crippen LogP contribution < -0.4 is 0 Å². The van der Waals surface area contributed by atoms with Crippen LogP contribution in [0.15, 0.2) is 41.6 Å². The standard InChI is InChI=1S/C23H31NO6/c1-23(2,3)30-22(25)24-20(13-29-15-27-5)19(12-28-14-26-4)18-11-10-16-8-6-7-9-17(16)21(18)24/h6-11,18,21H,12-15H2,1-5H3/t18-,21-/m1/s1. The van der Waals surface area contributed by atoms with Gasteiger partial charge < -0.3 is 23.7 Å². The van der Waals surface area contributed by atoms with E-state index >= 15 is 0 Å². The van der Waals surface area contributed by atoms with E-state index in [0.717, 1.165) is 22.4 Å². The average Bonchev–Trinajstić information content (AvgIpc) is 3.01. The number of carbonyl (C=O) groups is 1. The molecule has 1 amide bonds. The summed E-state index contributed by atoms with van der Waals surface area (Å²) in [5.41, 5.74) is 3.26. The molecular formula is C23H31NO6. The molecule has 0 fully saturated rings. The second kappa shape index (κ2) is 9.75. The smallest absolute Gasteiger partial charge is 0.415 e. The molecule has 7 nitrogen and oxygen atoms in total. The number of nitrogens with zero attached hydrogens (tertiary/aromatic N) is 1. The Hall–Kier alpha value is -2.19. The van der Waals surface area contributed by atoms with Gasteiger partial charge in [-0.15, -0.1) is 0 Å². The van der Waals surface area contributed by atoms with Crippen molar-refractivity contribution in [1.29, 1.82) is 0 Å². The van der Waals surface area contributed by atoms with Crippen LogP contribution in [0.25, 0.3) is 6.08 Å². The number of rotatable bonds is 8. The van der Waals surface area contributed by atoms with Crippen molar-refractivity contribution in [2.24, 2.45) is 5.92 Å². The highest BCUT2D eigenvalue weighted by Gasteiger charge is 2.46. The highest BCUT2D eigenvalue weighted by molar-refractivity contribution is 5.75. The van der Waals surface area contributed by atoms with Crippen LogP contribution in [0.4, 0.5) is 4.79 Å². The minimum Gasteiger partial charge on any atom is -0.443 e. The summed E-state index contributed by atoms with van der Waals surface area (Å²) >= 11 is 0. The number of benzene rings is 1. The Balaban J connectivity index is 2.03. The Morgan fingerprint density at radius 3 is 2.37 bits per heavy atom. The van der Waals surface area contributed by atoms with Gasteiger partial charge in [-0.05, 0) is 37.5 Å². The third-order valence-electron chi connectivity index (χ3n) is 4.97. The van der Waals surface area contributed by atoms with Crippen LogP contribution >= 0.6 is 0 Å². The molecular weight excluding hydrogens is 386 g/mol. The number of hydrogen-bond donors (Lipinski definition) is 0. The van der Waals surface area contributed by atoms with Gasteiger partial charge in [0.2, 0.25) is 0 Å². The van der Waals surface area contributed by atoms with Gasteiger partial charge in [-0.1, -0.05) is 36.4 Å². The Morgan fingerprint density at radius 1 is 1.03 bits per heavy atom. The first-order chi connectivity index (χ1) is 14.4. The lowest BCUT2D eigenvalue weighted by Gasteiger charge is -2.34. The van der Waals surface area contributed by atoms with E-state index < -0.39 is 11.7 Å². The summed E-state index contributed by atoms with van der Waals surface area (Å²) in [6.45, 7) is 6.41. The van der Waals surface area contributed by atoms with Gasteiger partial charge in [0.05, 0.1) is 25.0 Å². The predicted molar refractivity (Wildman–Crippen MR) is 112 cm³/mol. The zero-order valence-electron chi connectivity index (χ0n) is 18.3. The maximum Gasteiger partial charge on any atom is 0.415 e. The summed E-state index contributed by atoms with van der Waals surface area (Å²) in [7, 11) is 3.15. The van der Waals surface area contributed by atoms with E-state index in [4.69, 9.17) is 23.7 Å². The fourth-order valence-electron chi connectivity index (χ4n) is 3.89. The summed E-state index contributed by atoms with van der Waals surface area (Å²) in [6.07, 6.45) is 3.82. The zero-order chi connectivity index (χ0) is 21.7. The van der Waals surface area contributed by atoms with Crippen LogP contribution in [-0.2, 0) is 23.7 Å². The molecule has 0 N–H and O–H groups in total. The van der Waals surface area contributed by atoms with Crippen LogP contribution in [0, 0.1) is 5.92 Å². The molecule has 1 aliphatic carbocycles. The minimum atomic E-state index is -0.621. The first kappa shape index (κ1) is 22.5. The number of ether oxygens (including phenoxy) is 5. The number of fused-ring (bicyclic) bond motifs is 3.